The molecule has 1 aliphatic rings. The first kappa shape index (κ1) is 38.6. The first-order valence-electron chi connectivity index (χ1n) is 15.1. The number of benzene rings is 1. The Morgan fingerprint density at radius 3 is 2.27 bits per heavy atom. The number of guanidine groups is 1. The van der Waals surface area contributed by atoms with Crippen molar-refractivity contribution < 1.29 is 33.4 Å². The number of nitrogens with two attached hydrogens (primary N) is 1. The summed E-state index contributed by atoms with van der Waals surface area (Å²) in [4.78, 5) is 52.5. The van der Waals surface area contributed by atoms with Crippen molar-refractivity contribution in [3.63, 3.8) is 0 Å². The number of likely N-dealkylation sites (tertiary alicyclic amines) is 1. The number of carbonyl (C=O) groups excluding carboxylic acids is 4. The van der Waals surface area contributed by atoms with E-state index in [1.807, 2.05) is 6.07 Å². The third-order valence-electron chi connectivity index (χ3n) is 6.89. The van der Waals surface area contributed by atoms with Gasteiger partial charge >= 0.3 is 6.09 Å². The zero-order chi connectivity index (χ0) is 31.6. The molecule has 1 aliphatic heterocycles. The fourth-order valence-electron chi connectivity index (χ4n) is 4.42. The lowest BCUT2D eigenvalue weighted by atomic mass is 10.1. The van der Waals surface area contributed by atoms with Crippen LogP contribution in [0.25, 0.3) is 0 Å². The van der Waals surface area contributed by atoms with Crippen LogP contribution in [0.3, 0.4) is 0 Å². The number of nitrogens with zero attached hydrogens (tertiary/aromatic N) is 1. The average Bonchev–Trinajstić information content (AvgIpc) is 3.38. The summed E-state index contributed by atoms with van der Waals surface area (Å²) < 4.78 is 17.3. The second kappa shape index (κ2) is 21.3. The van der Waals surface area contributed by atoms with E-state index in [1.54, 1.807) is 24.3 Å². The van der Waals surface area contributed by atoms with E-state index in [0.717, 1.165) is 36.1 Å². The van der Waals surface area contributed by atoms with Gasteiger partial charge in [-0.2, -0.15) is 0 Å². The molecule has 0 saturated carbocycles. The SMILES string of the molecule is CCCCOC(OCCCC)[C@H](CCCNC(=N)N)NC(=O)[C@H](C)NC(=O)[C@@H]1CCC(=O)N1C(=O)OCc1ccccc1.Cl. The van der Waals surface area contributed by atoms with E-state index >= 15 is 0 Å². The fraction of sp³-hybridized carbons (Fsp3) is 0.633. The number of imide groups is 1. The molecular formula is C30H49ClN6O7. The number of carbonyl (C=O) groups is 4. The lowest BCUT2D eigenvalue weighted by Gasteiger charge is -2.30. The molecule has 44 heavy (non-hydrogen) atoms. The number of nitrogens with one attached hydrogen (secondary N) is 4. The monoisotopic (exact) mass is 640 g/mol. The molecule has 1 saturated heterocycles. The Balaban J connectivity index is 0.00000968. The van der Waals surface area contributed by atoms with Crippen LogP contribution in [0.5, 0.6) is 0 Å². The van der Waals surface area contributed by atoms with Crippen LogP contribution >= 0.6 is 12.4 Å². The maximum Gasteiger partial charge on any atom is 0.417 e. The van der Waals surface area contributed by atoms with Crippen LogP contribution in [-0.2, 0) is 35.2 Å². The van der Waals surface area contributed by atoms with Gasteiger partial charge in [-0.1, -0.05) is 57.0 Å². The zero-order valence-corrected chi connectivity index (χ0v) is 26.8. The summed E-state index contributed by atoms with van der Waals surface area (Å²) in [5.41, 5.74) is 6.14. The molecule has 0 aromatic heterocycles. The van der Waals surface area contributed by atoms with Crippen LogP contribution in [0, 0.1) is 5.41 Å². The molecule has 3 atom stereocenters. The highest BCUT2D eigenvalue weighted by atomic mass is 35.5. The summed E-state index contributed by atoms with van der Waals surface area (Å²) in [6.07, 6.45) is 3.10. The smallest absolute Gasteiger partial charge is 0.417 e. The molecule has 2 rings (SSSR count). The zero-order valence-electron chi connectivity index (χ0n) is 26.0. The molecule has 0 spiro atoms. The minimum absolute atomic E-state index is 0. The lowest BCUT2D eigenvalue weighted by molar-refractivity contribution is -0.165. The van der Waals surface area contributed by atoms with Crippen LogP contribution in [0.1, 0.15) is 77.7 Å². The number of unbranched alkanes of at least 4 members (excludes halogenated alkanes) is 2. The van der Waals surface area contributed by atoms with E-state index < -0.39 is 48.2 Å². The van der Waals surface area contributed by atoms with Crippen LogP contribution in [0.2, 0.25) is 0 Å². The maximum absolute atomic E-state index is 13.3. The van der Waals surface area contributed by atoms with Crippen molar-refractivity contribution >= 4 is 42.2 Å². The van der Waals surface area contributed by atoms with Gasteiger partial charge in [-0.15, -0.1) is 12.4 Å². The Kier molecular flexibility index (Phi) is 18.7. The second-order valence-electron chi connectivity index (χ2n) is 10.5. The van der Waals surface area contributed by atoms with Gasteiger partial charge < -0.3 is 35.9 Å². The molecule has 6 N–H and O–H groups in total. The summed E-state index contributed by atoms with van der Waals surface area (Å²) >= 11 is 0. The van der Waals surface area contributed by atoms with Crippen molar-refractivity contribution in [1.82, 2.24) is 20.9 Å². The quantitative estimate of drug-likeness (QED) is 0.0656. The summed E-state index contributed by atoms with van der Waals surface area (Å²) in [6, 6.07) is 6.41. The minimum atomic E-state index is -1.08. The predicted octanol–water partition coefficient (Wildman–Crippen LogP) is 2.95. The van der Waals surface area contributed by atoms with E-state index in [1.165, 1.54) is 6.92 Å². The lowest BCUT2D eigenvalue weighted by Crippen LogP contribution is -2.55. The van der Waals surface area contributed by atoms with E-state index in [2.05, 4.69) is 29.8 Å². The number of rotatable bonds is 19. The van der Waals surface area contributed by atoms with Gasteiger partial charge in [0.2, 0.25) is 17.7 Å². The molecule has 1 aromatic carbocycles. The topological polar surface area (TPSA) is 185 Å². The molecule has 1 fully saturated rings. The standard InChI is InChI=1S/C30H48N6O7.ClH/c1-4-6-18-41-28(42-19-7-5-2)23(14-11-17-33-29(31)32)35-26(38)21(3)34-27(39)24-15-16-25(37)36(24)30(40)43-20-22-12-9-8-10-13-22;/h8-10,12-13,21,23-24,28H,4-7,11,14-20H2,1-3H3,(H,34,39)(H,35,38)(H4,31,32,33);1H/t21-,23-,24-;/m0./s1. The van der Waals surface area contributed by atoms with Crippen molar-refractivity contribution in [2.45, 2.75) is 103 Å². The molecule has 0 unspecified atom stereocenters. The first-order valence-corrected chi connectivity index (χ1v) is 15.1. The summed E-state index contributed by atoms with van der Waals surface area (Å²) in [5.74, 6) is -1.74. The largest absolute Gasteiger partial charge is 0.444 e. The summed E-state index contributed by atoms with van der Waals surface area (Å²) in [5, 5.41) is 15.7. The molecule has 0 aliphatic carbocycles. The Morgan fingerprint density at radius 1 is 1.05 bits per heavy atom. The Morgan fingerprint density at radius 2 is 1.68 bits per heavy atom. The maximum atomic E-state index is 13.3. The van der Waals surface area contributed by atoms with E-state index in [4.69, 9.17) is 25.4 Å². The Hall–Kier alpha value is -3.42. The minimum Gasteiger partial charge on any atom is -0.444 e. The highest BCUT2D eigenvalue weighted by Gasteiger charge is 2.42. The highest BCUT2D eigenvalue weighted by molar-refractivity contribution is 6.01. The van der Waals surface area contributed by atoms with Gasteiger partial charge in [-0.05, 0) is 44.6 Å². The second-order valence-corrected chi connectivity index (χ2v) is 10.5. The first-order chi connectivity index (χ1) is 20.7. The molecule has 248 valence electrons. The molecule has 4 amide bonds. The Bertz CT molecular complexity index is 1040. The van der Waals surface area contributed by atoms with E-state index in [-0.39, 0.29) is 37.8 Å². The van der Waals surface area contributed by atoms with Gasteiger partial charge in [0.05, 0.1) is 6.04 Å². The van der Waals surface area contributed by atoms with Crippen molar-refractivity contribution in [2.75, 3.05) is 19.8 Å². The number of hydrogen-bond donors (Lipinski definition) is 5. The van der Waals surface area contributed by atoms with Crippen molar-refractivity contribution in [1.29, 1.82) is 5.41 Å². The molecule has 0 radical (unpaired) electrons. The normalized spacial score (nSPS) is 15.7. The van der Waals surface area contributed by atoms with Crippen LogP contribution in [-0.4, -0.2) is 78.8 Å². The summed E-state index contributed by atoms with van der Waals surface area (Å²) in [6.45, 7) is 6.94. The number of ether oxygens (including phenoxy) is 3. The van der Waals surface area contributed by atoms with Gasteiger partial charge in [-0.25, -0.2) is 9.69 Å². The molecule has 0 bridgehead atoms. The third kappa shape index (κ3) is 13.5. The van der Waals surface area contributed by atoms with Crippen LogP contribution in [0.4, 0.5) is 4.79 Å². The predicted molar refractivity (Wildman–Crippen MR) is 168 cm³/mol. The van der Waals surface area contributed by atoms with Crippen LogP contribution in [0.15, 0.2) is 30.3 Å². The van der Waals surface area contributed by atoms with Gasteiger partial charge in [-0.3, -0.25) is 19.8 Å². The fourth-order valence-corrected chi connectivity index (χ4v) is 4.42. The van der Waals surface area contributed by atoms with Gasteiger partial charge in [0.15, 0.2) is 12.2 Å². The van der Waals surface area contributed by atoms with Crippen molar-refractivity contribution in [3.8, 4) is 0 Å². The van der Waals surface area contributed by atoms with Crippen molar-refractivity contribution in [3.05, 3.63) is 35.9 Å². The van der Waals surface area contributed by atoms with Gasteiger partial charge in [0, 0.05) is 26.2 Å². The van der Waals surface area contributed by atoms with Crippen molar-refractivity contribution in [2.24, 2.45) is 5.73 Å². The van der Waals surface area contributed by atoms with Crippen LogP contribution < -0.4 is 21.7 Å². The molecule has 13 nitrogen and oxygen atoms in total. The summed E-state index contributed by atoms with van der Waals surface area (Å²) in [7, 11) is 0. The molecule has 14 heteroatoms. The number of halogens is 1. The Labute approximate surface area is 266 Å². The molecule has 1 aromatic rings. The molecular weight excluding hydrogens is 592 g/mol. The average molecular weight is 641 g/mol. The van der Waals surface area contributed by atoms with Gasteiger partial charge in [0.1, 0.15) is 18.7 Å². The number of hydrogen-bond acceptors (Lipinski definition) is 8. The third-order valence-corrected chi connectivity index (χ3v) is 6.89. The highest BCUT2D eigenvalue weighted by Crippen LogP contribution is 2.21. The van der Waals surface area contributed by atoms with Gasteiger partial charge in [0.25, 0.3) is 0 Å². The molecule has 1 heterocycles. The number of amides is 4. The van der Waals surface area contributed by atoms with E-state index in [9.17, 15) is 19.2 Å². The van der Waals surface area contributed by atoms with E-state index in [0.29, 0.717) is 32.6 Å².